The van der Waals surface area contributed by atoms with Crippen LogP contribution in [0.2, 0.25) is 0 Å². The van der Waals surface area contributed by atoms with Gasteiger partial charge in [-0.15, -0.1) is 0 Å². The van der Waals surface area contributed by atoms with Gasteiger partial charge in [-0.2, -0.15) is 0 Å². The third kappa shape index (κ3) is 5.19. The summed E-state index contributed by atoms with van der Waals surface area (Å²) in [4.78, 5) is 11.4. The van der Waals surface area contributed by atoms with Crippen LogP contribution in [-0.4, -0.2) is 54.6 Å². The number of aliphatic imine (C=N–C) groups is 1. The topological polar surface area (TPSA) is 52.6 Å². The molecule has 1 saturated carbocycles. The van der Waals surface area contributed by atoms with E-state index in [1.54, 1.807) is 0 Å². The Morgan fingerprint density at radius 2 is 1.88 bits per heavy atom. The molecule has 3 rings (SSSR count). The molecule has 1 aliphatic heterocycles. The summed E-state index contributed by atoms with van der Waals surface area (Å²) in [5.74, 6) is 0.927. The van der Waals surface area contributed by atoms with E-state index in [1.807, 2.05) is 25.5 Å². The molecule has 5 heteroatoms. The molecule has 5 nitrogen and oxygen atoms in total. The van der Waals surface area contributed by atoms with Gasteiger partial charge in [0.15, 0.2) is 5.96 Å². The van der Waals surface area contributed by atoms with Gasteiger partial charge in [-0.05, 0) is 56.8 Å². The Bertz CT molecular complexity index is 545. The monoisotopic (exact) mass is 357 g/mol. The van der Waals surface area contributed by atoms with Gasteiger partial charge in [0.05, 0.1) is 0 Å². The second kappa shape index (κ2) is 9.91. The zero-order valence-corrected chi connectivity index (χ0v) is 16.3. The molecule has 0 unspecified atom stereocenters. The smallest absolute Gasteiger partial charge is 0.191 e. The van der Waals surface area contributed by atoms with Crippen LogP contribution in [0.3, 0.4) is 0 Å². The minimum atomic E-state index is 0.333. The zero-order chi connectivity index (χ0) is 18.1. The van der Waals surface area contributed by atoms with Gasteiger partial charge in [0.2, 0.25) is 0 Å². The summed E-state index contributed by atoms with van der Waals surface area (Å²) in [6.45, 7) is 4.44. The quantitative estimate of drug-likeness (QED) is 0.607. The molecule has 0 spiro atoms. The van der Waals surface area contributed by atoms with Gasteiger partial charge in [0.1, 0.15) is 0 Å². The van der Waals surface area contributed by atoms with E-state index < -0.39 is 0 Å². The van der Waals surface area contributed by atoms with Gasteiger partial charge in [-0.3, -0.25) is 14.9 Å². The molecule has 0 radical (unpaired) electrons. The first-order valence-corrected chi connectivity index (χ1v) is 10.4. The summed E-state index contributed by atoms with van der Waals surface area (Å²) < 4.78 is 0. The highest BCUT2D eigenvalue weighted by Gasteiger charge is 2.38. The van der Waals surface area contributed by atoms with Crippen LogP contribution in [0.4, 0.5) is 0 Å². The molecule has 2 heterocycles. The second-order valence-electron chi connectivity index (χ2n) is 7.80. The lowest BCUT2D eigenvalue weighted by Crippen LogP contribution is -2.59. The predicted octanol–water partition coefficient (Wildman–Crippen LogP) is 2.98. The number of nitrogens with one attached hydrogen (secondary N) is 2. The van der Waals surface area contributed by atoms with E-state index in [9.17, 15) is 0 Å². The number of piperidine rings is 1. The molecule has 1 aromatic heterocycles. The standard InChI is InChI=1S/C21H35N5/c1-22-20(24-14-10-19-9-8-13-23-17-19)25-18-21(11-4-2-5-12-21)26-15-6-3-7-16-26/h8-9,13,17H,2-7,10-12,14-16,18H2,1H3,(H2,22,24,25). The molecule has 0 atom stereocenters. The molecule has 1 aromatic rings. The van der Waals surface area contributed by atoms with E-state index >= 15 is 0 Å². The molecule has 2 aliphatic rings. The fourth-order valence-electron chi connectivity index (χ4n) is 4.52. The van der Waals surface area contributed by atoms with Crippen LogP contribution in [0.15, 0.2) is 29.5 Å². The van der Waals surface area contributed by atoms with Crippen molar-refractivity contribution in [1.29, 1.82) is 0 Å². The van der Waals surface area contributed by atoms with E-state index in [4.69, 9.17) is 0 Å². The van der Waals surface area contributed by atoms with Crippen LogP contribution < -0.4 is 10.6 Å². The van der Waals surface area contributed by atoms with E-state index in [0.29, 0.717) is 5.54 Å². The SMILES string of the molecule is CN=C(NCCc1cccnc1)NCC1(N2CCCCC2)CCCCC1. The molecule has 1 saturated heterocycles. The number of hydrogen-bond acceptors (Lipinski definition) is 3. The summed E-state index contributed by atoms with van der Waals surface area (Å²) in [7, 11) is 1.87. The van der Waals surface area contributed by atoms with Crippen molar-refractivity contribution in [2.45, 2.75) is 63.3 Å². The number of pyridine rings is 1. The van der Waals surface area contributed by atoms with Gasteiger partial charge >= 0.3 is 0 Å². The summed E-state index contributed by atoms with van der Waals surface area (Å²) in [5, 5.41) is 7.12. The Balaban J connectivity index is 1.51. The van der Waals surface area contributed by atoms with Crippen LogP contribution in [0.1, 0.15) is 56.9 Å². The minimum absolute atomic E-state index is 0.333. The van der Waals surface area contributed by atoms with Crippen molar-refractivity contribution in [2.75, 3.05) is 33.2 Å². The maximum atomic E-state index is 4.44. The lowest BCUT2D eigenvalue weighted by atomic mass is 9.79. The summed E-state index contributed by atoms with van der Waals surface area (Å²) in [6, 6.07) is 4.12. The van der Waals surface area contributed by atoms with Gasteiger partial charge in [0.25, 0.3) is 0 Å². The van der Waals surface area contributed by atoms with Crippen molar-refractivity contribution in [3.05, 3.63) is 30.1 Å². The lowest BCUT2D eigenvalue weighted by Gasteiger charge is -2.48. The Labute approximate surface area is 158 Å². The summed E-state index contributed by atoms with van der Waals surface area (Å²) in [5.41, 5.74) is 1.59. The van der Waals surface area contributed by atoms with Gasteiger partial charge in [0, 0.05) is 38.1 Å². The van der Waals surface area contributed by atoms with Gasteiger partial charge < -0.3 is 10.6 Å². The third-order valence-corrected chi connectivity index (χ3v) is 6.05. The maximum absolute atomic E-state index is 4.44. The molecular formula is C21H35N5. The van der Waals surface area contributed by atoms with Gasteiger partial charge in [-0.1, -0.05) is 31.7 Å². The van der Waals surface area contributed by atoms with Crippen molar-refractivity contribution in [1.82, 2.24) is 20.5 Å². The highest BCUT2D eigenvalue weighted by molar-refractivity contribution is 5.79. The number of hydrogen-bond donors (Lipinski definition) is 2. The van der Waals surface area contributed by atoms with Crippen molar-refractivity contribution in [2.24, 2.45) is 4.99 Å². The average molecular weight is 358 g/mol. The molecule has 0 amide bonds. The maximum Gasteiger partial charge on any atom is 0.191 e. The highest BCUT2D eigenvalue weighted by atomic mass is 15.3. The predicted molar refractivity (Wildman–Crippen MR) is 109 cm³/mol. The highest BCUT2D eigenvalue weighted by Crippen LogP contribution is 2.35. The number of nitrogens with zero attached hydrogens (tertiary/aromatic N) is 3. The number of likely N-dealkylation sites (tertiary alicyclic amines) is 1. The molecule has 2 N–H and O–H groups in total. The van der Waals surface area contributed by atoms with Crippen molar-refractivity contribution in [3.63, 3.8) is 0 Å². The van der Waals surface area contributed by atoms with Crippen molar-refractivity contribution in [3.8, 4) is 0 Å². The van der Waals surface area contributed by atoms with E-state index in [-0.39, 0.29) is 0 Å². The first-order valence-electron chi connectivity index (χ1n) is 10.4. The Kier molecular flexibility index (Phi) is 7.30. The average Bonchev–Trinajstić information content (AvgIpc) is 2.72. The van der Waals surface area contributed by atoms with E-state index in [2.05, 4.69) is 31.6 Å². The Morgan fingerprint density at radius 3 is 2.58 bits per heavy atom. The molecular weight excluding hydrogens is 322 g/mol. The molecule has 26 heavy (non-hydrogen) atoms. The van der Waals surface area contributed by atoms with Crippen LogP contribution in [0, 0.1) is 0 Å². The second-order valence-corrected chi connectivity index (χ2v) is 7.80. The van der Waals surface area contributed by atoms with Crippen molar-refractivity contribution < 1.29 is 0 Å². The number of aromatic nitrogens is 1. The minimum Gasteiger partial charge on any atom is -0.356 e. The molecule has 0 bridgehead atoms. The Morgan fingerprint density at radius 1 is 1.12 bits per heavy atom. The molecule has 0 aromatic carbocycles. The fourth-order valence-corrected chi connectivity index (χ4v) is 4.52. The van der Waals surface area contributed by atoms with E-state index in [1.165, 1.54) is 70.0 Å². The van der Waals surface area contributed by atoms with Gasteiger partial charge in [-0.25, -0.2) is 0 Å². The molecule has 2 fully saturated rings. The van der Waals surface area contributed by atoms with Crippen molar-refractivity contribution >= 4 is 5.96 Å². The summed E-state index contributed by atoms with van der Waals surface area (Å²) in [6.07, 6.45) is 15.6. The van der Waals surface area contributed by atoms with Crippen LogP contribution in [-0.2, 0) is 6.42 Å². The van der Waals surface area contributed by atoms with E-state index in [0.717, 1.165) is 25.5 Å². The van der Waals surface area contributed by atoms with Crippen LogP contribution in [0.5, 0.6) is 0 Å². The number of guanidine groups is 1. The number of rotatable bonds is 6. The van der Waals surface area contributed by atoms with Crippen LogP contribution in [0.25, 0.3) is 0 Å². The van der Waals surface area contributed by atoms with Crippen LogP contribution >= 0.6 is 0 Å². The Hall–Kier alpha value is -1.62. The lowest BCUT2D eigenvalue weighted by molar-refractivity contribution is 0.0368. The first-order chi connectivity index (χ1) is 12.8. The first kappa shape index (κ1) is 19.2. The summed E-state index contributed by atoms with van der Waals surface area (Å²) >= 11 is 0. The zero-order valence-electron chi connectivity index (χ0n) is 16.3. The largest absolute Gasteiger partial charge is 0.356 e. The fraction of sp³-hybridized carbons (Fsp3) is 0.714. The molecule has 1 aliphatic carbocycles. The molecule has 144 valence electrons. The normalized spacial score (nSPS) is 21.3. The third-order valence-electron chi connectivity index (χ3n) is 6.05.